The van der Waals surface area contributed by atoms with Crippen molar-refractivity contribution in [3.8, 4) is 6.07 Å². The molecule has 0 aromatic heterocycles. The third-order valence-electron chi connectivity index (χ3n) is 3.04. The van der Waals surface area contributed by atoms with Gasteiger partial charge >= 0.3 is 0 Å². The van der Waals surface area contributed by atoms with Crippen molar-refractivity contribution in [1.82, 2.24) is 0 Å². The maximum absolute atomic E-state index is 13.5. The monoisotopic (exact) mass is 286 g/mol. The molecule has 5 heteroatoms. The van der Waals surface area contributed by atoms with Gasteiger partial charge in [-0.1, -0.05) is 12.1 Å². The van der Waals surface area contributed by atoms with Crippen LogP contribution in [0, 0.1) is 29.9 Å². The molecule has 2 rings (SSSR count). The highest BCUT2D eigenvalue weighted by atomic mass is 19.1. The molecule has 0 atom stereocenters. The predicted octanol–water partition coefficient (Wildman–Crippen LogP) is 3.33. The average molecular weight is 286 g/mol. The zero-order chi connectivity index (χ0) is 15.4. The van der Waals surface area contributed by atoms with Gasteiger partial charge in [-0.15, -0.1) is 0 Å². The summed E-state index contributed by atoms with van der Waals surface area (Å²) in [6.07, 6.45) is -0.408. The van der Waals surface area contributed by atoms with E-state index in [1.807, 2.05) is 6.07 Å². The Morgan fingerprint density at radius 2 is 1.90 bits per heavy atom. The Kier molecular flexibility index (Phi) is 4.29. The number of amides is 1. The van der Waals surface area contributed by atoms with Gasteiger partial charge in [-0.05, 0) is 36.8 Å². The van der Waals surface area contributed by atoms with E-state index in [1.54, 1.807) is 19.1 Å². The number of hydrogen-bond acceptors (Lipinski definition) is 2. The molecular formula is C16H12F2N2O. The number of nitrogens with one attached hydrogen (secondary N) is 1. The fraction of sp³-hybridized carbons (Fsp3) is 0.125. The van der Waals surface area contributed by atoms with Crippen molar-refractivity contribution in [2.24, 2.45) is 0 Å². The quantitative estimate of drug-likeness (QED) is 0.941. The van der Waals surface area contributed by atoms with Crippen molar-refractivity contribution in [3.05, 3.63) is 64.7 Å². The van der Waals surface area contributed by atoms with Gasteiger partial charge in [0.05, 0.1) is 18.1 Å². The lowest BCUT2D eigenvalue weighted by molar-refractivity contribution is -0.115. The van der Waals surface area contributed by atoms with Crippen molar-refractivity contribution in [2.45, 2.75) is 13.3 Å². The van der Waals surface area contributed by atoms with Crippen molar-refractivity contribution < 1.29 is 13.6 Å². The first-order valence-corrected chi connectivity index (χ1v) is 6.24. The fourth-order valence-corrected chi connectivity index (χ4v) is 1.88. The molecule has 2 aromatic rings. The van der Waals surface area contributed by atoms with E-state index in [0.717, 1.165) is 17.7 Å². The first-order chi connectivity index (χ1) is 10.0. The number of hydrogen-bond donors (Lipinski definition) is 1. The van der Waals surface area contributed by atoms with Crippen molar-refractivity contribution >= 4 is 11.6 Å². The summed E-state index contributed by atoms with van der Waals surface area (Å²) in [5, 5.41) is 11.4. The van der Waals surface area contributed by atoms with E-state index in [0.29, 0.717) is 11.3 Å². The van der Waals surface area contributed by atoms with Crippen LogP contribution in [0.4, 0.5) is 14.5 Å². The largest absolute Gasteiger partial charge is 0.326 e. The Balaban J connectivity index is 2.18. The molecule has 21 heavy (non-hydrogen) atoms. The van der Waals surface area contributed by atoms with Crippen LogP contribution >= 0.6 is 0 Å². The van der Waals surface area contributed by atoms with E-state index >= 15 is 0 Å². The smallest absolute Gasteiger partial charge is 0.229 e. The standard InChI is InChI=1S/C16H12F2N2O/c1-10-5-6-11(9-19)7-15(10)20-16(21)8-12-13(17)3-2-4-14(12)18/h2-7H,8H2,1H3,(H,20,21). The van der Waals surface area contributed by atoms with E-state index in [4.69, 9.17) is 5.26 Å². The minimum atomic E-state index is -0.757. The normalized spacial score (nSPS) is 10.0. The zero-order valence-corrected chi connectivity index (χ0v) is 11.3. The molecule has 1 N–H and O–H groups in total. The lowest BCUT2D eigenvalue weighted by atomic mass is 10.1. The molecule has 0 aliphatic heterocycles. The fourth-order valence-electron chi connectivity index (χ4n) is 1.88. The summed E-state index contributed by atoms with van der Waals surface area (Å²) in [6.45, 7) is 1.76. The second-order valence-corrected chi connectivity index (χ2v) is 4.57. The maximum Gasteiger partial charge on any atom is 0.229 e. The molecule has 0 spiro atoms. The molecule has 3 nitrogen and oxygen atoms in total. The molecule has 0 aliphatic carbocycles. The summed E-state index contributed by atoms with van der Waals surface area (Å²) in [7, 11) is 0. The summed E-state index contributed by atoms with van der Waals surface area (Å²) >= 11 is 0. The van der Waals surface area contributed by atoms with Gasteiger partial charge in [0.2, 0.25) is 5.91 Å². The number of nitriles is 1. The highest BCUT2D eigenvalue weighted by Crippen LogP contribution is 2.18. The third-order valence-corrected chi connectivity index (χ3v) is 3.04. The van der Waals surface area contributed by atoms with Crippen LogP contribution in [0.25, 0.3) is 0 Å². The number of carbonyl (C=O) groups excluding carboxylic acids is 1. The molecule has 0 saturated heterocycles. The Bertz CT molecular complexity index is 715. The predicted molar refractivity (Wildman–Crippen MR) is 74.6 cm³/mol. The van der Waals surface area contributed by atoms with Crippen LogP contribution in [0.3, 0.4) is 0 Å². The Morgan fingerprint density at radius 1 is 1.24 bits per heavy atom. The van der Waals surface area contributed by atoms with Gasteiger partial charge in [0, 0.05) is 11.3 Å². The Morgan fingerprint density at radius 3 is 2.52 bits per heavy atom. The topological polar surface area (TPSA) is 52.9 Å². The molecule has 0 bridgehead atoms. The molecule has 0 saturated carbocycles. The maximum atomic E-state index is 13.5. The van der Waals surface area contributed by atoms with Crippen molar-refractivity contribution in [2.75, 3.05) is 5.32 Å². The Hall–Kier alpha value is -2.74. The minimum absolute atomic E-state index is 0.274. The number of carbonyl (C=O) groups is 1. The zero-order valence-electron chi connectivity index (χ0n) is 11.3. The summed E-state index contributed by atoms with van der Waals surface area (Å²) in [4.78, 5) is 11.9. The van der Waals surface area contributed by atoms with E-state index in [-0.39, 0.29) is 5.56 Å². The van der Waals surface area contributed by atoms with E-state index < -0.39 is 24.0 Å². The van der Waals surface area contributed by atoms with Crippen LogP contribution in [0.15, 0.2) is 36.4 Å². The van der Waals surface area contributed by atoms with Gasteiger partial charge in [-0.3, -0.25) is 4.79 Å². The number of nitrogens with zero attached hydrogens (tertiary/aromatic N) is 1. The lowest BCUT2D eigenvalue weighted by Crippen LogP contribution is -2.17. The molecule has 2 aromatic carbocycles. The molecule has 0 radical (unpaired) electrons. The molecule has 0 aliphatic rings. The van der Waals surface area contributed by atoms with Crippen LogP contribution in [0.2, 0.25) is 0 Å². The third kappa shape index (κ3) is 3.42. The molecular weight excluding hydrogens is 274 g/mol. The van der Waals surface area contributed by atoms with Gasteiger partial charge in [-0.2, -0.15) is 5.26 Å². The van der Waals surface area contributed by atoms with Crippen molar-refractivity contribution in [3.63, 3.8) is 0 Å². The molecule has 106 valence electrons. The second-order valence-electron chi connectivity index (χ2n) is 4.57. The van der Waals surface area contributed by atoms with Crippen LogP contribution in [-0.4, -0.2) is 5.91 Å². The van der Waals surface area contributed by atoms with Crippen LogP contribution in [-0.2, 0) is 11.2 Å². The highest BCUT2D eigenvalue weighted by Gasteiger charge is 2.14. The summed E-state index contributed by atoms with van der Waals surface area (Å²) < 4.78 is 27.0. The number of benzene rings is 2. The summed E-state index contributed by atoms with van der Waals surface area (Å²) in [6, 6.07) is 10.3. The average Bonchev–Trinajstić information content (AvgIpc) is 2.45. The van der Waals surface area contributed by atoms with Gasteiger partial charge in [0.15, 0.2) is 0 Å². The van der Waals surface area contributed by atoms with Gasteiger partial charge in [0.25, 0.3) is 0 Å². The summed E-state index contributed by atoms with van der Waals surface area (Å²) in [5.74, 6) is -2.06. The van der Waals surface area contributed by atoms with Crippen LogP contribution in [0.5, 0.6) is 0 Å². The van der Waals surface area contributed by atoms with Crippen LogP contribution < -0.4 is 5.32 Å². The van der Waals surface area contributed by atoms with Crippen LogP contribution in [0.1, 0.15) is 16.7 Å². The summed E-state index contributed by atoms with van der Waals surface area (Å²) in [5.41, 5.74) is 1.34. The lowest BCUT2D eigenvalue weighted by Gasteiger charge is -2.09. The number of rotatable bonds is 3. The first-order valence-electron chi connectivity index (χ1n) is 6.24. The molecule has 0 unspecified atom stereocenters. The molecule has 1 amide bonds. The second kappa shape index (κ2) is 6.14. The van der Waals surface area contributed by atoms with Gasteiger partial charge in [0.1, 0.15) is 11.6 Å². The first kappa shape index (κ1) is 14.7. The van der Waals surface area contributed by atoms with E-state index in [1.165, 1.54) is 12.1 Å². The van der Waals surface area contributed by atoms with E-state index in [2.05, 4.69) is 5.32 Å². The van der Waals surface area contributed by atoms with E-state index in [9.17, 15) is 13.6 Å². The SMILES string of the molecule is Cc1ccc(C#N)cc1NC(=O)Cc1c(F)cccc1F. The van der Waals surface area contributed by atoms with Gasteiger partial charge in [-0.25, -0.2) is 8.78 Å². The van der Waals surface area contributed by atoms with Crippen molar-refractivity contribution in [1.29, 1.82) is 5.26 Å². The minimum Gasteiger partial charge on any atom is -0.326 e. The van der Waals surface area contributed by atoms with Gasteiger partial charge < -0.3 is 5.32 Å². The number of anilines is 1. The highest BCUT2D eigenvalue weighted by molar-refractivity contribution is 5.93. The molecule has 0 fully saturated rings. The Labute approximate surface area is 120 Å². The molecule has 0 heterocycles. The number of aryl methyl sites for hydroxylation is 1. The number of halogens is 2.